The molecule has 1 atom stereocenters. The van der Waals surface area contributed by atoms with Gasteiger partial charge in [-0.3, -0.25) is 14.6 Å². The van der Waals surface area contributed by atoms with E-state index < -0.39 is 36.4 Å². The summed E-state index contributed by atoms with van der Waals surface area (Å²) in [7, 11) is 0. The molecule has 1 fully saturated rings. The van der Waals surface area contributed by atoms with E-state index in [0.29, 0.717) is 19.4 Å². The summed E-state index contributed by atoms with van der Waals surface area (Å²) >= 11 is 0. The number of carbonyl (C=O) groups is 3. The molecule has 2 amide bonds. The lowest BCUT2D eigenvalue weighted by atomic mass is 9.95. The topological polar surface area (TPSA) is 90.8 Å². The van der Waals surface area contributed by atoms with Gasteiger partial charge in [0.1, 0.15) is 6.54 Å². The molecule has 0 aliphatic carbocycles. The summed E-state index contributed by atoms with van der Waals surface area (Å²) in [6.45, 7) is 0.401. The summed E-state index contributed by atoms with van der Waals surface area (Å²) in [6, 6.07) is 1.19. The molecule has 1 aromatic rings. The average Bonchev–Trinajstić information content (AvgIpc) is 2.64. The number of aromatic carboxylic acids is 1. The van der Waals surface area contributed by atoms with Gasteiger partial charge >= 0.3 is 12.1 Å². The van der Waals surface area contributed by atoms with Crippen LogP contribution in [0.2, 0.25) is 0 Å². The number of carboxylic acid groups (broad SMARTS) is 1. The third-order valence-corrected chi connectivity index (χ3v) is 4.35. The molecule has 0 aromatic carbocycles. The second kappa shape index (κ2) is 8.36. The number of piperidine rings is 1. The van der Waals surface area contributed by atoms with Crippen LogP contribution in [0, 0.1) is 5.92 Å². The molecule has 0 spiro atoms. The van der Waals surface area contributed by atoms with Crippen LogP contribution in [0.3, 0.4) is 0 Å². The van der Waals surface area contributed by atoms with Gasteiger partial charge in [0.15, 0.2) is 0 Å². The van der Waals surface area contributed by atoms with Crippen molar-refractivity contribution >= 4 is 17.8 Å². The normalized spacial score (nSPS) is 17.5. The number of rotatable bonds is 5. The number of hydrogen-bond donors (Lipinski definition) is 1. The third-order valence-electron chi connectivity index (χ3n) is 4.35. The van der Waals surface area contributed by atoms with E-state index in [9.17, 15) is 27.6 Å². The fourth-order valence-corrected chi connectivity index (χ4v) is 3.04. The van der Waals surface area contributed by atoms with Crippen LogP contribution in [-0.2, 0) is 4.79 Å². The zero-order valence-electron chi connectivity index (χ0n) is 14.7. The number of carbonyl (C=O) groups excluding carboxylic acids is 2. The molecule has 0 saturated carbocycles. The van der Waals surface area contributed by atoms with Crippen molar-refractivity contribution in [3.05, 3.63) is 29.6 Å². The maximum Gasteiger partial charge on any atom is 0.406 e. The lowest BCUT2D eigenvalue weighted by Gasteiger charge is -2.35. The molecule has 2 heterocycles. The van der Waals surface area contributed by atoms with Crippen LogP contribution in [-0.4, -0.2) is 70.0 Å². The molecule has 1 aromatic heterocycles. The fourth-order valence-electron chi connectivity index (χ4n) is 3.04. The van der Waals surface area contributed by atoms with Gasteiger partial charge < -0.3 is 14.9 Å². The number of halogens is 3. The Kier molecular flexibility index (Phi) is 6.40. The minimum absolute atomic E-state index is 0.0106. The van der Waals surface area contributed by atoms with E-state index in [-0.39, 0.29) is 24.2 Å². The lowest BCUT2D eigenvalue weighted by Crippen LogP contribution is -2.48. The lowest BCUT2D eigenvalue weighted by molar-refractivity contribution is -0.164. The van der Waals surface area contributed by atoms with Crippen molar-refractivity contribution in [1.29, 1.82) is 0 Å². The highest BCUT2D eigenvalue weighted by molar-refractivity contribution is 5.97. The number of hydrogen-bond acceptors (Lipinski definition) is 4. The second-order valence-corrected chi connectivity index (χ2v) is 6.33. The number of pyridine rings is 1. The Hall–Kier alpha value is -2.65. The molecule has 2 rings (SSSR count). The van der Waals surface area contributed by atoms with Crippen LogP contribution in [0.4, 0.5) is 13.2 Å². The Morgan fingerprint density at radius 3 is 2.56 bits per heavy atom. The van der Waals surface area contributed by atoms with Gasteiger partial charge in [-0.1, -0.05) is 0 Å². The van der Waals surface area contributed by atoms with E-state index in [0.717, 1.165) is 11.1 Å². The molecule has 1 saturated heterocycles. The largest absolute Gasteiger partial charge is 0.478 e. The van der Waals surface area contributed by atoms with Gasteiger partial charge in [0.2, 0.25) is 5.91 Å². The first-order valence-electron chi connectivity index (χ1n) is 8.45. The Labute approximate surface area is 153 Å². The van der Waals surface area contributed by atoms with Crippen LogP contribution < -0.4 is 0 Å². The van der Waals surface area contributed by atoms with Crippen molar-refractivity contribution in [1.82, 2.24) is 14.8 Å². The number of alkyl halides is 3. The monoisotopic (exact) mass is 387 g/mol. The first-order valence-corrected chi connectivity index (χ1v) is 8.45. The highest BCUT2D eigenvalue weighted by Crippen LogP contribution is 2.23. The van der Waals surface area contributed by atoms with E-state index in [1.807, 2.05) is 0 Å². The minimum Gasteiger partial charge on any atom is -0.478 e. The van der Waals surface area contributed by atoms with Crippen LogP contribution in [0.25, 0.3) is 0 Å². The molecule has 1 unspecified atom stereocenters. The van der Waals surface area contributed by atoms with Crippen molar-refractivity contribution in [3.8, 4) is 0 Å². The Bertz CT molecular complexity index is 724. The standard InChI is InChI=1S/C17H20F3N3O4/c1-2-22(10-17(18,19)20)14(24)11-4-3-5-23(9-11)15(25)12-6-13(16(26)27)8-21-7-12/h6-8,11H,2-5,9-10H2,1H3,(H,26,27). The van der Waals surface area contributed by atoms with Crippen molar-refractivity contribution < 1.29 is 32.7 Å². The highest BCUT2D eigenvalue weighted by Gasteiger charge is 2.36. The molecular weight excluding hydrogens is 367 g/mol. The van der Waals surface area contributed by atoms with Crippen molar-refractivity contribution in [2.75, 3.05) is 26.2 Å². The first-order chi connectivity index (χ1) is 12.6. The van der Waals surface area contributed by atoms with E-state index in [2.05, 4.69) is 4.98 Å². The number of nitrogens with zero attached hydrogens (tertiary/aromatic N) is 3. The van der Waals surface area contributed by atoms with Gasteiger partial charge in [0, 0.05) is 32.0 Å². The molecule has 1 N–H and O–H groups in total. The van der Waals surface area contributed by atoms with Gasteiger partial charge in [-0.05, 0) is 25.8 Å². The van der Waals surface area contributed by atoms with Crippen LogP contribution >= 0.6 is 0 Å². The summed E-state index contributed by atoms with van der Waals surface area (Å²) in [5.41, 5.74) is -0.0848. The average molecular weight is 387 g/mol. The number of aromatic nitrogens is 1. The molecule has 27 heavy (non-hydrogen) atoms. The molecule has 7 nitrogen and oxygen atoms in total. The molecule has 1 aliphatic heterocycles. The Morgan fingerprint density at radius 1 is 1.30 bits per heavy atom. The van der Waals surface area contributed by atoms with E-state index in [1.54, 1.807) is 0 Å². The van der Waals surface area contributed by atoms with Crippen LogP contribution in [0.5, 0.6) is 0 Å². The van der Waals surface area contributed by atoms with Crippen molar-refractivity contribution in [2.24, 2.45) is 5.92 Å². The van der Waals surface area contributed by atoms with Gasteiger partial charge in [-0.15, -0.1) is 0 Å². The van der Waals surface area contributed by atoms with Crippen molar-refractivity contribution in [2.45, 2.75) is 25.9 Å². The second-order valence-electron chi connectivity index (χ2n) is 6.33. The smallest absolute Gasteiger partial charge is 0.406 e. The highest BCUT2D eigenvalue weighted by atomic mass is 19.4. The summed E-state index contributed by atoms with van der Waals surface area (Å²) in [6.07, 6.45) is -1.29. The molecule has 0 radical (unpaired) electrons. The van der Waals surface area contributed by atoms with E-state index in [1.165, 1.54) is 24.1 Å². The zero-order valence-corrected chi connectivity index (χ0v) is 14.7. The predicted molar refractivity (Wildman–Crippen MR) is 88.1 cm³/mol. The Morgan fingerprint density at radius 2 is 1.96 bits per heavy atom. The van der Waals surface area contributed by atoms with E-state index in [4.69, 9.17) is 5.11 Å². The first kappa shape index (κ1) is 20.7. The van der Waals surface area contributed by atoms with Gasteiger partial charge in [0.05, 0.1) is 17.0 Å². The summed E-state index contributed by atoms with van der Waals surface area (Å²) in [4.78, 5) is 41.9. The van der Waals surface area contributed by atoms with Gasteiger partial charge in [0.25, 0.3) is 5.91 Å². The van der Waals surface area contributed by atoms with Crippen LogP contribution in [0.15, 0.2) is 18.5 Å². The summed E-state index contributed by atoms with van der Waals surface area (Å²) in [5.74, 6) is -3.08. The Balaban J connectivity index is 2.10. The van der Waals surface area contributed by atoms with E-state index >= 15 is 0 Å². The zero-order chi connectivity index (χ0) is 20.2. The molecule has 1 aliphatic rings. The molecule has 10 heteroatoms. The van der Waals surface area contributed by atoms with Gasteiger partial charge in [-0.2, -0.15) is 13.2 Å². The van der Waals surface area contributed by atoms with Gasteiger partial charge in [-0.25, -0.2) is 4.79 Å². The predicted octanol–water partition coefficient (Wildman–Crippen LogP) is 2.04. The SMILES string of the molecule is CCN(CC(F)(F)F)C(=O)C1CCCN(C(=O)c2cncc(C(=O)O)c2)C1. The summed E-state index contributed by atoms with van der Waals surface area (Å²) in [5, 5.41) is 8.99. The number of amides is 2. The maximum atomic E-state index is 12.6. The maximum absolute atomic E-state index is 12.6. The number of likely N-dealkylation sites (tertiary alicyclic amines) is 1. The number of carboxylic acids is 1. The van der Waals surface area contributed by atoms with Crippen LogP contribution in [0.1, 0.15) is 40.5 Å². The molecule has 0 bridgehead atoms. The third kappa shape index (κ3) is 5.41. The minimum atomic E-state index is -4.49. The molecule has 148 valence electrons. The summed E-state index contributed by atoms with van der Waals surface area (Å²) < 4.78 is 37.9. The molecular formula is C17H20F3N3O4. The fraction of sp³-hybridized carbons (Fsp3) is 0.529. The quantitative estimate of drug-likeness (QED) is 0.835. The van der Waals surface area contributed by atoms with Crippen molar-refractivity contribution in [3.63, 3.8) is 0 Å².